The molecule has 5 heteroatoms. The van der Waals surface area contributed by atoms with E-state index in [0.29, 0.717) is 24.1 Å². The van der Waals surface area contributed by atoms with E-state index < -0.39 is 11.6 Å². The minimum Gasteiger partial charge on any atom is -0.482 e. The van der Waals surface area contributed by atoms with Crippen LogP contribution in [0.5, 0.6) is 5.75 Å². The summed E-state index contributed by atoms with van der Waals surface area (Å²) in [5.41, 5.74) is 0. The van der Waals surface area contributed by atoms with Gasteiger partial charge in [0.15, 0.2) is 17.4 Å². The summed E-state index contributed by atoms with van der Waals surface area (Å²) in [7, 11) is 0. The van der Waals surface area contributed by atoms with Crippen molar-refractivity contribution in [1.82, 2.24) is 0 Å². The number of ether oxygens (including phenoxy) is 2. The van der Waals surface area contributed by atoms with Gasteiger partial charge in [-0.25, -0.2) is 8.78 Å². The number of hydrogen-bond acceptors (Lipinski definition) is 2. The Hall–Kier alpha value is -0.680. The molecule has 0 bridgehead atoms. The van der Waals surface area contributed by atoms with Crippen molar-refractivity contribution in [2.24, 2.45) is 0 Å². The summed E-state index contributed by atoms with van der Waals surface area (Å²) >= 11 is 3.00. The van der Waals surface area contributed by atoms with E-state index >= 15 is 0 Å². The van der Waals surface area contributed by atoms with Gasteiger partial charge >= 0.3 is 0 Å². The van der Waals surface area contributed by atoms with Gasteiger partial charge < -0.3 is 9.47 Å². The van der Waals surface area contributed by atoms with Crippen molar-refractivity contribution in [2.75, 3.05) is 13.2 Å². The highest BCUT2D eigenvalue weighted by Crippen LogP contribution is 2.27. The molecule has 0 N–H and O–H groups in total. The number of benzene rings is 1. The summed E-state index contributed by atoms with van der Waals surface area (Å²) in [5.74, 6) is -1.73. The van der Waals surface area contributed by atoms with E-state index in [1.54, 1.807) is 0 Å². The highest BCUT2D eigenvalue weighted by molar-refractivity contribution is 9.10. The summed E-state index contributed by atoms with van der Waals surface area (Å²) in [6, 6.07) is 2.35. The van der Waals surface area contributed by atoms with Gasteiger partial charge in [-0.15, -0.1) is 0 Å². The molecule has 1 heterocycles. The molecule has 2 nitrogen and oxygen atoms in total. The maximum Gasteiger partial charge on any atom is 0.191 e. The van der Waals surface area contributed by atoms with Crippen LogP contribution in [0.25, 0.3) is 0 Å². The molecule has 1 aromatic rings. The lowest BCUT2D eigenvalue weighted by molar-refractivity contribution is 0.134. The van der Waals surface area contributed by atoms with Crippen LogP contribution in [-0.2, 0) is 4.74 Å². The van der Waals surface area contributed by atoms with E-state index in [1.807, 2.05) is 0 Å². The lowest BCUT2D eigenvalue weighted by Gasteiger charge is -2.13. The molecule has 15 heavy (non-hydrogen) atoms. The monoisotopic (exact) mass is 278 g/mol. The van der Waals surface area contributed by atoms with Crippen LogP contribution in [0.3, 0.4) is 0 Å². The molecule has 1 aliphatic heterocycles. The Morgan fingerprint density at radius 2 is 2.00 bits per heavy atom. The Balaban J connectivity index is 2.19. The van der Waals surface area contributed by atoms with Crippen LogP contribution in [0.4, 0.5) is 8.78 Å². The zero-order valence-electron chi connectivity index (χ0n) is 7.80. The van der Waals surface area contributed by atoms with Crippen LogP contribution in [0, 0.1) is 11.6 Å². The van der Waals surface area contributed by atoms with Crippen molar-refractivity contribution in [1.29, 1.82) is 0 Å². The van der Waals surface area contributed by atoms with Gasteiger partial charge in [0.05, 0.1) is 13.2 Å². The largest absolute Gasteiger partial charge is 0.482 e. The quantitative estimate of drug-likeness (QED) is 0.828. The van der Waals surface area contributed by atoms with Crippen LogP contribution < -0.4 is 4.74 Å². The van der Waals surface area contributed by atoms with Crippen molar-refractivity contribution in [3.63, 3.8) is 0 Å². The standard InChI is InChI=1S/C10H9BrF2O2/c11-6-3-8(12)10(9(13)4-6)15-7-1-2-14-5-7/h3-4,7H,1-2,5H2. The van der Waals surface area contributed by atoms with Crippen molar-refractivity contribution in [2.45, 2.75) is 12.5 Å². The summed E-state index contributed by atoms with van der Waals surface area (Å²) in [6.07, 6.45) is 0.407. The summed E-state index contributed by atoms with van der Waals surface area (Å²) < 4.78 is 37.3. The predicted octanol–water partition coefficient (Wildman–Crippen LogP) is 2.90. The molecule has 0 radical (unpaired) electrons. The highest BCUT2D eigenvalue weighted by Gasteiger charge is 2.21. The minimum absolute atomic E-state index is 0.254. The van der Waals surface area contributed by atoms with Gasteiger partial charge in [0.1, 0.15) is 6.10 Å². The lowest BCUT2D eigenvalue weighted by Crippen LogP contribution is -2.17. The molecule has 1 fully saturated rings. The molecule has 1 saturated heterocycles. The Bertz CT molecular complexity index is 341. The Morgan fingerprint density at radius 3 is 2.53 bits per heavy atom. The fourth-order valence-electron chi connectivity index (χ4n) is 1.41. The predicted molar refractivity (Wildman–Crippen MR) is 53.9 cm³/mol. The van der Waals surface area contributed by atoms with Gasteiger partial charge in [0.25, 0.3) is 0 Å². The zero-order valence-corrected chi connectivity index (χ0v) is 9.39. The van der Waals surface area contributed by atoms with Crippen LogP contribution in [0.1, 0.15) is 6.42 Å². The summed E-state index contributed by atoms with van der Waals surface area (Å²) in [4.78, 5) is 0. The molecule has 1 unspecified atom stereocenters. The van der Waals surface area contributed by atoms with Gasteiger partial charge in [-0.1, -0.05) is 15.9 Å². The molecular formula is C10H9BrF2O2. The van der Waals surface area contributed by atoms with Gasteiger partial charge in [-0.3, -0.25) is 0 Å². The average Bonchev–Trinajstić information content (AvgIpc) is 2.63. The molecule has 82 valence electrons. The third kappa shape index (κ3) is 2.46. The van der Waals surface area contributed by atoms with Gasteiger partial charge in [0.2, 0.25) is 0 Å². The maximum atomic E-state index is 13.3. The van der Waals surface area contributed by atoms with Crippen molar-refractivity contribution in [3.8, 4) is 5.75 Å². The molecule has 0 spiro atoms. The van der Waals surface area contributed by atoms with Crippen molar-refractivity contribution in [3.05, 3.63) is 28.2 Å². The number of rotatable bonds is 2. The summed E-state index contributed by atoms with van der Waals surface area (Å²) in [5, 5.41) is 0. The lowest BCUT2D eigenvalue weighted by atomic mass is 10.3. The van der Waals surface area contributed by atoms with E-state index in [0.717, 1.165) is 0 Å². The topological polar surface area (TPSA) is 18.5 Å². The van der Waals surface area contributed by atoms with Crippen molar-refractivity contribution < 1.29 is 18.3 Å². The van der Waals surface area contributed by atoms with Gasteiger partial charge in [0, 0.05) is 10.9 Å². The van der Waals surface area contributed by atoms with Crippen LogP contribution >= 0.6 is 15.9 Å². The highest BCUT2D eigenvalue weighted by atomic mass is 79.9. The second kappa shape index (κ2) is 4.45. The molecule has 0 amide bonds. The Labute approximate surface area is 94.3 Å². The van der Waals surface area contributed by atoms with E-state index in [-0.39, 0.29) is 11.9 Å². The van der Waals surface area contributed by atoms with E-state index in [1.165, 1.54) is 12.1 Å². The normalized spacial score (nSPS) is 20.6. The number of halogens is 3. The first-order valence-corrected chi connectivity index (χ1v) is 5.35. The minimum atomic E-state index is -0.700. The van der Waals surface area contributed by atoms with E-state index in [9.17, 15) is 8.78 Å². The van der Waals surface area contributed by atoms with Crippen LogP contribution in [0.2, 0.25) is 0 Å². The van der Waals surface area contributed by atoms with Crippen molar-refractivity contribution >= 4 is 15.9 Å². The third-order valence-electron chi connectivity index (χ3n) is 2.14. The van der Waals surface area contributed by atoms with Gasteiger partial charge in [-0.2, -0.15) is 0 Å². The van der Waals surface area contributed by atoms with Crippen LogP contribution in [-0.4, -0.2) is 19.3 Å². The Morgan fingerprint density at radius 1 is 1.33 bits per heavy atom. The summed E-state index contributed by atoms with van der Waals surface area (Å²) in [6.45, 7) is 0.958. The van der Waals surface area contributed by atoms with Gasteiger partial charge in [-0.05, 0) is 12.1 Å². The molecule has 1 aliphatic rings. The SMILES string of the molecule is Fc1cc(Br)cc(F)c1OC1CCOC1. The molecule has 0 aromatic heterocycles. The number of hydrogen-bond donors (Lipinski definition) is 0. The van der Waals surface area contributed by atoms with E-state index in [2.05, 4.69) is 15.9 Å². The molecular weight excluding hydrogens is 270 g/mol. The first kappa shape index (κ1) is 10.8. The first-order valence-electron chi connectivity index (χ1n) is 4.56. The molecule has 1 atom stereocenters. The third-order valence-corrected chi connectivity index (χ3v) is 2.59. The molecule has 0 saturated carbocycles. The smallest absolute Gasteiger partial charge is 0.191 e. The fraction of sp³-hybridized carbons (Fsp3) is 0.400. The zero-order chi connectivity index (χ0) is 10.8. The maximum absolute atomic E-state index is 13.3. The average molecular weight is 279 g/mol. The molecule has 0 aliphatic carbocycles. The first-order chi connectivity index (χ1) is 7.16. The molecule has 2 rings (SSSR count). The van der Waals surface area contributed by atoms with E-state index in [4.69, 9.17) is 9.47 Å². The Kier molecular flexibility index (Phi) is 3.21. The second-order valence-corrected chi connectivity index (χ2v) is 4.22. The van der Waals surface area contributed by atoms with Crippen LogP contribution in [0.15, 0.2) is 16.6 Å². The second-order valence-electron chi connectivity index (χ2n) is 3.30. The molecule has 1 aromatic carbocycles. The fourth-order valence-corrected chi connectivity index (χ4v) is 1.82.